The van der Waals surface area contributed by atoms with E-state index in [9.17, 15) is 8.63 Å². The molecule has 3 atom stereocenters. The molecule has 1 unspecified atom stereocenters. The van der Waals surface area contributed by atoms with E-state index in [0.717, 1.165) is 51.4 Å². The first-order valence-electron chi connectivity index (χ1n) is 11.1. The van der Waals surface area contributed by atoms with Crippen LogP contribution < -0.4 is 0 Å². The molecule has 0 radical (unpaired) electrons. The number of rotatable bonds is 18. The second kappa shape index (κ2) is 16.6. The van der Waals surface area contributed by atoms with Crippen molar-refractivity contribution in [3.8, 4) is 0 Å². The van der Waals surface area contributed by atoms with Crippen molar-refractivity contribution in [2.45, 2.75) is 128 Å². The molecule has 0 saturated carbocycles. The second-order valence-corrected chi connectivity index (χ2v) is 9.45. The molecule has 1 fully saturated rings. The van der Waals surface area contributed by atoms with Gasteiger partial charge in [0.25, 0.3) is 0 Å². The van der Waals surface area contributed by atoms with E-state index in [-0.39, 0.29) is 18.6 Å². The van der Waals surface area contributed by atoms with Gasteiger partial charge in [-0.1, -0.05) is 6.92 Å². The van der Waals surface area contributed by atoms with Gasteiger partial charge in [-0.15, -0.1) is 0 Å². The van der Waals surface area contributed by atoms with Crippen LogP contribution in [-0.4, -0.2) is 37.8 Å². The van der Waals surface area contributed by atoms with Crippen molar-refractivity contribution in [2.75, 3.05) is 0 Å². The van der Waals surface area contributed by atoms with Crippen LogP contribution in [0.25, 0.3) is 0 Å². The third-order valence-corrected chi connectivity index (χ3v) is 6.99. The summed E-state index contributed by atoms with van der Waals surface area (Å²) in [7, 11) is 0. The topological polar surface area (TPSA) is 72.8 Å². The quantitative estimate of drug-likeness (QED) is 0.207. The van der Waals surface area contributed by atoms with Gasteiger partial charge < -0.3 is 0 Å². The average molecular weight is 452 g/mol. The Hall–Kier alpha value is -0.291. The summed E-state index contributed by atoms with van der Waals surface area (Å²) in [5.74, 6) is -0.711. The van der Waals surface area contributed by atoms with Gasteiger partial charge in [0.2, 0.25) is 0 Å². The van der Waals surface area contributed by atoms with Gasteiger partial charge in [0.05, 0.1) is 0 Å². The van der Waals surface area contributed by atoms with Crippen LogP contribution in [0.3, 0.4) is 0 Å². The third-order valence-electron chi connectivity index (χ3n) is 5.29. The van der Waals surface area contributed by atoms with Crippen LogP contribution >= 0.6 is 0 Å². The number of hydrogen-bond acceptors (Lipinski definition) is 4. The van der Waals surface area contributed by atoms with E-state index < -0.39 is 20.5 Å². The van der Waals surface area contributed by atoms with Gasteiger partial charge in [0.15, 0.2) is 0 Å². The van der Waals surface area contributed by atoms with E-state index in [4.69, 9.17) is 12.7 Å². The molecule has 1 rings (SSSR count). The van der Waals surface area contributed by atoms with Crippen molar-refractivity contribution in [1.29, 1.82) is 0 Å². The first-order valence-corrected chi connectivity index (χ1v) is 13.2. The minimum atomic E-state index is -2.51. The van der Waals surface area contributed by atoms with Gasteiger partial charge in [0, 0.05) is 0 Å². The van der Waals surface area contributed by atoms with Crippen molar-refractivity contribution in [2.24, 2.45) is 0 Å². The van der Waals surface area contributed by atoms with Crippen molar-refractivity contribution in [3.05, 3.63) is 0 Å². The van der Waals surface area contributed by atoms with E-state index in [1.54, 1.807) is 0 Å². The Balaban J connectivity index is 2.01. The first kappa shape index (κ1) is 24.7. The molecule has 160 valence electrons. The molecule has 0 spiro atoms. The molecule has 0 aromatic heterocycles. The van der Waals surface area contributed by atoms with Crippen LogP contribution in [0.4, 0.5) is 0 Å². The van der Waals surface area contributed by atoms with Crippen LogP contribution in [0.15, 0.2) is 0 Å². The average Bonchev–Trinajstić information content (AvgIpc) is 2.98. The molecular weight excluding hydrogens is 411 g/mol. The summed E-state index contributed by atoms with van der Waals surface area (Å²) in [6, 6.07) is 0. The van der Waals surface area contributed by atoms with Crippen molar-refractivity contribution >= 4 is 20.5 Å². The molecule has 1 heterocycles. The maximum absolute atomic E-state index is 11.7. The molecule has 1 aliphatic rings. The molecule has 5 nitrogen and oxygen atoms in total. The van der Waals surface area contributed by atoms with E-state index >= 15 is 0 Å². The number of hydrogen-bond donors (Lipinski definition) is 1. The van der Waals surface area contributed by atoms with E-state index in [2.05, 4.69) is 6.92 Å². The first-order chi connectivity index (χ1) is 13.1. The van der Waals surface area contributed by atoms with Crippen LogP contribution in [0.2, 0.25) is 0 Å². The van der Waals surface area contributed by atoms with E-state index in [1.807, 2.05) is 0 Å². The van der Waals surface area contributed by atoms with Gasteiger partial charge in [-0.25, -0.2) is 0 Å². The SMILES string of the molecule is CCCCCCCCCCC[C@@H]1O[Se](=O)O[C@H]1CCCCCCCC(=O)O. The zero-order chi connectivity index (χ0) is 19.7. The zero-order valence-electron chi connectivity index (χ0n) is 17.2. The summed E-state index contributed by atoms with van der Waals surface area (Å²) in [5, 5.41) is 8.62. The summed E-state index contributed by atoms with van der Waals surface area (Å²) in [6.45, 7) is 2.25. The molecule has 0 aromatic rings. The Kier molecular flexibility index (Phi) is 15.3. The van der Waals surface area contributed by atoms with Gasteiger partial charge in [-0.2, -0.15) is 0 Å². The molecule has 0 aliphatic carbocycles. The van der Waals surface area contributed by atoms with Crippen LogP contribution in [0.5, 0.6) is 0 Å². The third kappa shape index (κ3) is 13.5. The summed E-state index contributed by atoms with van der Waals surface area (Å²) in [5.41, 5.74) is 0. The predicted molar refractivity (Wildman–Crippen MR) is 108 cm³/mol. The number of carboxylic acid groups (broad SMARTS) is 1. The van der Waals surface area contributed by atoms with E-state index in [1.165, 1.54) is 51.4 Å². The predicted octanol–water partition coefficient (Wildman–Crippen LogP) is 5.92. The Bertz CT molecular complexity index is 402. The summed E-state index contributed by atoms with van der Waals surface area (Å²) < 4.78 is 22.8. The Morgan fingerprint density at radius 2 is 1.15 bits per heavy atom. The van der Waals surface area contributed by atoms with Crippen molar-refractivity contribution in [1.82, 2.24) is 0 Å². The number of unbranched alkanes of at least 4 members (excludes halogenated alkanes) is 12. The summed E-state index contributed by atoms with van der Waals surface area (Å²) in [4.78, 5) is 10.5. The van der Waals surface area contributed by atoms with E-state index in [0.29, 0.717) is 0 Å². The minimum absolute atomic E-state index is 0.000522. The number of carbonyl (C=O) groups is 1. The standard InChI is InChI=1S/C21H40O5Se/c1-2-3-4-5-6-7-8-10-13-16-19-20(26-27(24)25-19)17-14-11-9-12-15-18-21(22)23/h19-20H,2-18H2,1H3,(H,22,23)/t19-,20-,27?/m0/s1. The zero-order valence-corrected chi connectivity index (χ0v) is 18.9. The Labute approximate surface area is 170 Å². The molecule has 0 amide bonds. The van der Waals surface area contributed by atoms with Crippen LogP contribution in [-0.2, 0) is 16.3 Å². The number of aliphatic carboxylic acids is 1. The maximum atomic E-state index is 11.7. The molecule has 27 heavy (non-hydrogen) atoms. The Morgan fingerprint density at radius 1 is 0.741 bits per heavy atom. The molecule has 1 aliphatic heterocycles. The molecule has 0 aromatic carbocycles. The fourth-order valence-corrected chi connectivity index (χ4v) is 5.49. The molecular formula is C21H40O5Se. The Morgan fingerprint density at radius 3 is 1.59 bits per heavy atom. The van der Waals surface area contributed by atoms with Crippen LogP contribution in [0, 0.1) is 0 Å². The summed E-state index contributed by atoms with van der Waals surface area (Å²) >= 11 is -2.51. The van der Waals surface area contributed by atoms with Crippen LogP contribution in [0.1, 0.15) is 116 Å². The van der Waals surface area contributed by atoms with Gasteiger partial charge >= 0.3 is 163 Å². The van der Waals surface area contributed by atoms with Crippen molar-refractivity contribution in [3.63, 3.8) is 0 Å². The summed E-state index contributed by atoms with van der Waals surface area (Å²) in [6.07, 6.45) is 18.8. The monoisotopic (exact) mass is 452 g/mol. The van der Waals surface area contributed by atoms with Gasteiger partial charge in [-0.05, 0) is 0 Å². The van der Waals surface area contributed by atoms with Gasteiger partial charge in [-0.3, -0.25) is 0 Å². The normalized spacial score (nSPS) is 22.3. The fourth-order valence-electron chi connectivity index (χ4n) is 3.62. The molecule has 6 heteroatoms. The van der Waals surface area contributed by atoms with Gasteiger partial charge in [0.1, 0.15) is 0 Å². The molecule has 1 N–H and O–H groups in total. The number of carboxylic acids is 1. The fraction of sp³-hybridized carbons (Fsp3) is 0.952. The van der Waals surface area contributed by atoms with Crippen molar-refractivity contribution < 1.29 is 21.4 Å². The molecule has 0 bridgehead atoms. The second-order valence-electron chi connectivity index (χ2n) is 7.79. The molecule has 1 saturated heterocycles.